The zero-order valence-corrected chi connectivity index (χ0v) is 13.3. The maximum Gasteiger partial charge on any atom is 0.407 e. The molecular formula is C18H20N2O4. The number of benzene rings is 1. The third-order valence-electron chi connectivity index (χ3n) is 4.20. The minimum atomic E-state index is -0.918. The number of amides is 1. The first-order valence-electron chi connectivity index (χ1n) is 8.04. The monoisotopic (exact) mass is 328 g/mol. The highest BCUT2D eigenvalue weighted by atomic mass is 16.5. The van der Waals surface area contributed by atoms with Gasteiger partial charge in [-0.15, -0.1) is 0 Å². The predicted octanol–water partition coefficient (Wildman–Crippen LogP) is 2.95. The third-order valence-corrected chi connectivity index (χ3v) is 4.20. The maximum atomic E-state index is 11.8. The van der Waals surface area contributed by atoms with Gasteiger partial charge in [0, 0.05) is 17.9 Å². The fraction of sp³-hybridized carbons (Fsp3) is 0.333. The van der Waals surface area contributed by atoms with Crippen molar-refractivity contribution in [3.8, 4) is 0 Å². The van der Waals surface area contributed by atoms with Crippen LogP contribution in [0.2, 0.25) is 0 Å². The predicted molar refractivity (Wildman–Crippen MR) is 87.8 cm³/mol. The maximum absolute atomic E-state index is 11.8. The molecule has 2 aromatic rings. The summed E-state index contributed by atoms with van der Waals surface area (Å²) in [5.41, 5.74) is 2.91. The molecule has 0 saturated heterocycles. The second kappa shape index (κ2) is 7.21. The standard InChI is InChI=1S/C18H20N2O4/c21-17(22)15-10-14(20-9-5-4-8-16(15)20)11-19-18(23)24-12-13-6-2-1-3-7-13/h1-3,6-7,10H,4-5,8-9,11-12H2,(H,19,23)(H,21,22). The molecule has 0 aliphatic carbocycles. The van der Waals surface area contributed by atoms with Crippen molar-refractivity contribution in [1.82, 2.24) is 9.88 Å². The largest absolute Gasteiger partial charge is 0.478 e. The lowest BCUT2D eigenvalue weighted by Gasteiger charge is -2.18. The van der Waals surface area contributed by atoms with Gasteiger partial charge in [-0.1, -0.05) is 30.3 Å². The topological polar surface area (TPSA) is 80.6 Å². The normalized spacial score (nSPS) is 13.2. The summed E-state index contributed by atoms with van der Waals surface area (Å²) in [5.74, 6) is -0.918. The first-order chi connectivity index (χ1) is 11.6. The van der Waals surface area contributed by atoms with Crippen molar-refractivity contribution in [3.63, 3.8) is 0 Å². The molecule has 1 aromatic carbocycles. The Morgan fingerprint density at radius 2 is 2.00 bits per heavy atom. The highest BCUT2D eigenvalue weighted by Crippen LogP contribution is 2.23. The molecule has 2 heterocycles. The molecule has 0 fully saturated rings. The third kappa shape index (κ3) is 3.59. The van der Waals surface area contributed by atoms with Crippen LogP contribution in [0, 0.1) is 0 Å². The van der Waals surface area contributed by atoms with Crippen LogP contribution in [-0.4, -0.2) is 21.7 Å². The van der Waals surface area contributed by atoms with E-state index < -0.39 is 12.1 Å². The number of nitrogens with zero attached hydrogens (tertiary/aromatic N) is 1. The van der Waals surface area contributed by atoms with E-state index in [0.717, 1.165) is 42.8 Å². The summed E-state index contributed by atoms with van der Waals surface area (Å²) in [6, 6.07) is 11.1. The minimum absolute atomic E-state index is 0.208. The van der Waals surface area contributed by atoms with Crippen molar-refractivity contribution in [2.75, 3.05) is 0 Å². The number of carbonyl (C=O) groups is 2. The lowest BCUT2D eigenvalue weighted by atomic mass is 10.1. The van der Waals surface area contributed by atoms with Crippen molar-refractivity contribution in [1.29, 1.82) is 0 Å². The molecule has 1 amide bonds. The van der Waals surface area contributed by atoms with Crippen LogP contribution in [0.1, 0.15) is 40.2 Å². The summed E-state index contributed by atoms with van der Waals surface area (Å²) in [4.78, 5) is 23.2. The number of fused-ring (bicyclic) bond motifs is 1. The van der Waals surface area contributed by atoms with Crippen LogP contribution in [-0.2, 0) is 30.9 Å². The summed E-state index contributed by atoms with van der Waals surface area (Å²) >= 11 is 0. The molecule has 1 aliphatic heterocycles. The van der Waals surface area contributed by atoms with Gasteiger partial charge < -0.3 is 19.7 Å². The van der Waals surface area contributed by atoms with Crippen molar-refractivity contribution < 1.29 is 19.4 Å². The Bertz CT molecular complexity index is 737. The molecule has 0 unspecified atom stereocenters. The SMILES string of the molecule is O=C(NCc1cc(C(=O)O)c2n1CCCC2)OCc1ccccc1. The molecule has 126 valence electrons. The Hall–Kier alpha value is -2.76. The molecule has 0 saturated carbocycles. The first kappa shape index (κ1) is 16.1. The number of aromatic nitrogens is 1. The van der Waals surface area contributed by atoms with E-state index in [1.807, 2.05) is 34.9 Å². The number of aromatic carboxylic acids is 1. The quantitative estimate of drug-likeness (QED) is 0.884. The number of hydrogen-bond acceptors (Lipinski definition) is 3. The van der Waals surface area contributed by atoms with Gasteiger partial charge in [0.05, 0.1) is 12.1 Å². The number of carbonyl (C=O) groups excluding carboxylic acids is 1. The smallest absolute Gasteiger partial charge is 0.407 e. The lowest BCUT2D eigenvalue weighted by molar-refractivity contribution is 0.0695. The van der Waals surface area contributed by atoms with Gasteiger partial charge in [0.1, 0.15) is 6.61 Å². The van der Waals surface area contributed by atoms with E-state index in [4.69, 9.17) is 4.74 Å². The van der Waals surface area contributed by atoms with Crippen LogP contribution in [0.15, 0.2) is 36.4 Å². The van der Waals surface area contributed by atoms with E-state index in [-0.39, 0.29) is 13.2 Å². The van der Waals surface area contributed by atoms with E-state index in [0.29, 0.717) is 5.56 Å². The highest BCUT2D eigenvalue weighted by molar-refractivity contribution is 5.89. The van der Waals surface area contributed by atoms with Gasteiger partial charge >= 0.3 is 12.1 Å². The molecule has 0 bridgehead atoms. The fourth-order valence-corrected chi connectivity index (χ4v) is 3.03. The van der Waals surface area contributed by atoms with E-state index in [1.165, 1.54) is 0 Å². The average Bonchev–Trinajstić information content (AvgIpc) is 2.98. The van der Waals surface area contributed by atoms with Gasteiger partial charge in [-0.25, -0.2) is 9.59 Å². The number of rotatable bonds is 5. The van der Waals surface area contributed by atoms with Crippen LogP contribution >= 0.6 is 0 Å². The summed E-state index contributed by atoms with van der Waals surface area (Å²) in [6.45, 7) is 1.26. The number of carboxylic acid groups (broad SMARTS) is 1. The van der Waals surface area contributed by atoms with Crippen LogP contribution in [0.25, 0.3) is 0 Å². The van der Waals surface area contributed by atoms with E-state index in [2.05, 4.69) is 5.32 Å². The van der Waals surface area contributed by atoms with Gasteiger partial charge in [-0.2, -0.15) is 0 Å². The lowest BCUT2D eigenvalue weighted by Crippen LogP contribution is -2.25. The van der Waals surface area contributed by atoms with Crippen LogP contribution in [0.5, 0.6) is 0 Å². The molecule has 24 heavy (non-hydrogen) atoms. The van der Waals surface area contributed by atoms with Crippen molar-refractivity contribution in [2.24, 2.45) is 0 Å². The Morgan fingerprint density at radius 3 is 2.75 bits per heavy atom. The van der Waals surface area contributed by atoms with Crippen molar-refractivity contribution in [3.05, 3.63) is 58.9 Å². The van der Waals surface area contributed by atoms with Gasteiger partial charge in [0.25, 0.3) is 0 Å². The molecule has 2 N–H and O–H groups in total. The van der Waals surface area contributed by atoms with E-state index in [1.54, 1.807) is 6.07 Å². The van der Waals surface area contributed by atoms with Gasteiger partial charge in [-0.3, -0.25) is 0 Å². The first-order valence-corrected chi connectivity index (χ1v) is 8.04. The van der Waals surface area contributed by atoms with Gasteiger partial charge in [-0.05, 0) is 30.9 Å². The highest BCUT2D eigenvalue weighted by Gasteiger charge is 2.22. The zero-order valence-electron chi connectivity index (χ0n) is 13.3. The van der Waals surface area contributed by atoms with E-state index in [9.17, 15) is 14.7 Å². The summed E-state index contributed by atoms with van der Waals surface area (Å²) in [5, 5.41) is 12.0. The summed E-state index contributed by atoms with van der Waals surface area (Å²) in [7, 11) is 0. The second-order valence-corrected chi connectivity index (χ2v) is 5.83. The molecule has 3 rings (SSSR count). The van der Waals surface area contributed by atoms with Crippen molar-refractivity contribution in [2.45, 2.75) is 39.0 Å². The molecule has 6 heteroatoms. The Kier molecular flexibility index (Phi) is 4.84. The molecule has 0 radical (unpaired) electrons. The Labute approximate surface area is 140 Å². The fourth-order valence-electron chi connectivity index (χ4n) is 3.03. The molecule has 1 aliphatic rings. The number of carboxylic acids is 1. The molecule has 1 aromatic heterocycles. The van der Waals surface area contributed by atoms with Crippen LogP contribution in [0.4, 0.5) is 4.79 Å². The second-order valence-electron chi connectivity index (χ2n) is 5.83. The molecule has 6 nitrogen and oxygen atoms in total. The zero-order chi connectivity index (χ0) is 16.9. The Balaban J connectivity index is 1.60. The average molecular weight is 328 g/mol. The van der Waals surface area contributed by atoms with Crippen LogP contribution in [0.3, 0.4) is 0 Å². The summed E-state index contributed by atoms with van der Waals surface area (Å²) in [6.07, 6.45) is 2.27. The van der Waals surface area contributed by atoms with Gasteiger partial charge in [0.15, 0.2) is 0 Å². The number of nitrogens with one attached hydrogen (secondary N) is 1. The number of hydrogen-bond donors (Lipinski definition) is 2. The summed E-state index contributed by atoms with van der Waals surface area (Å²) < 4.78 is 7.18. The molecule has 0 spiro atoms. The van der Waals surface area contributed by atoms with Gasteiger partial charge in [0.2, 0.25) is 0 Å². The number of alkyl carbamates (subject to hydrolysis) is 1. The molecule has 0 atom stereocenters. The van der Waals surface area contributed by atoms with Crippen molar-refractivity contribution >= 4 is 12.1 Å². The van der Waals surface area contributed by atoms with Crippen LogP contribution < -0.4 is 5.32 Å². The number of ether oxygens (including phenoxy) is 1. The Morgan fingerprint density at radius 1 is 1.21 bits per heavy atom. The van der Waals surface area contributed by atoms with E-state index >= 15 is 0 Å². The minimum Gasteiger partial charge on any atom is -0.478 e. The molecular weight excluding hydrogens is 308 g/mol.